The highest BCUT2D eigenvalue weighted by molar-refractivity contribution is 7.91. The molecule has 3 rings (SSSR count). The molecule has 0 aromatic carbocycles. The van der Waals surface area contributed by atoms with Crippen LogP contribution in [-0.4, -0.2) is 60.7 Å². The fourth-order valence-corrected chi connectivity index (χ4v) is 6.60. The smallest absolute Gasteiger partial charge is 0.252 e. The van der Waals surface area contributed by atoms with Crippen molar-refractivity contribution >= 4 is 27.1 Å². The molecule has 1 saturated heterocycles. The molecule has 0 amide bonds. The molecule has 1 aliphatic rings. The summed E-state index contributed by atoms with van der Waals surface area (Å²) < 4.78 is 29.4. The van der Waals surface area contributed by atoms with Gasteiger partial charge in [0.25, 0.3) is 10.0 Å². The summed E-state index contributed by atoms with van der Waals surface area (Å²) >= 11 is 1.24. The van der Waals surface area contributed by atoms with Gasteiger partial charge in [-0.05, 0) is 52.1 Å². The predicted molar refractivity (Wildman–Crippen MR) is 113 cm³/mol. The lowest BCUT2D eigenvalue weighted by Gasteiger charge is -2.33. The third kappa shape index (κ3) is 4.10. The van der Waals surface area contributed by atoms with Crippen LogP contribution in [0, 0.1) is 13.8 Å². The summed E-state index contributed by atoms with van der Waals surface area (Å²) in [5.74, 6) is 0.0955. The van der Waals surface area contributed by atoms with Crippen LogP contribution in [0.5, 0.6) is 0 Å². The number of nitrogens with zero attached hydrogens (tertiary/aromatic N) is 3. The summed E-state index contributed by atoms with van der Waals surface area (Å²) in [6, 6.07) is 5.36. The second-order valence-electron chi connectivity index (χ2n) is 8.33. The molecule has 0 unspecified atom stereocenters. The number of Topliss-reactive ketones (excluding diaryl/α,β-unsaturated/α-hetero) is 1. The van der Waals surface area contributed by atoms with E-state index in [0.717, 1.165) is 17.0 Å². The molecule has 2 aromatic heterocycles. The van der Waals surface area contributed by atoms with Crippen molar-refractivity contribution < 1.29 is 13.2 Å². The number of aryl methyl sites for hydroxylation is 1. The van der Waals surface area contributed by atoms with Gasteiger partial charge >= 0.3 is 0 Å². The first kappa shape index (κ1) is 21.2. The Hall–Kier alpha value is -1.48. The van der Waals surface area contributed by atoms with Gasteiger partial charge in [-0.25, -0.2) is 8.42 Å². The Morgan fingerprint density at radius 2 is 1.79 bits per heavy atom. The summed E-state index contributed by atoms with van der Waals surface area (Å²) in [6.45, 7) is 12.7. The van der Waals surface area contributed by atoms with Crippen LogP contribution in [-0.2, 0) is 15.6 Å². The number of thiophene rings is 1. The first-order valence-corrected chi connectivity index (χ1v) is 11.8. The van der Waals surface area contributed by atoms with Gasteiger partial charge in [0, 0.05) is 48.7 Å². The van der Waals surface area contributed by atoms with E-state index in [9.17, 15) is 13.2 Å². The van der Waals surface area contributed by atoms with Crippen molar-refractivity contribution in [1.82, 2.24) is 13.8 Å². The van der Waals surface area contributed by atoms with Crippen molar-refractivity contribution in [3.05, 3.63) is 40.5 Å². The van der Waals surface area contributed by atoms with Crippen LogP contribution in [0.4, 0.5) is 0 Å². The lowest BCUT2D eigenvalue weighted by molar-refractivity contribution is 0.0901. The molecule has 0 saturated carbocycles. The summed E-state index contributed by atoms with van der Waals surface area (Å²) in [4.78, 5) is 15.0. The van der Waals surface area contributed by atoms with E-state index >= 15 is 0 Å². The zero-order valence-corrected chi connectivity index (χ0v) is 18.9. The summed E-state index contributed by atoms with van der Waals surface area (Å²) in [5.41, 5.74) is 2.77. The summed E-state index contributed by atoms with van der Waals surface area (Å²) in [6.07, 6.45) is 0. The van der Waals surface area contributed by atoms with E-state index in [2.05, 4.69) is 25.3 Å². The average molecular weight is 424 g/mol. The molecule has 0 spiro atoms. The van der Waals surface area contributed by atoms with E-state index < -0.39 is 10.0 Å². The van der Waals surface area contributed by atoms with Gasteiger partial charge < -0.3 is 4.57 Å². The van der Waals surface area contributed by atoms with Gasteiger partial charge in [-0.2, -0.15) is 4.31 Å². The van der Waals surface area contributed by atoms with Gasteiger partial charge in [-0.3, -0.25) is 9.69 Å². The maximum Gasteiger partial charge on any atom is 0.252 e. The lowest BCUT2D eigenvalue weighted by atomic mass is 10.1. The molecule has 0 N–H and O–H groups in total. The van der Waals surface area contributed by atoms with E-state index in [1.807, 2.05) is 24.8 Å². The number of sulfonamides is 1. The highest BCUT2D eigenvalue weighted by Crippen LogP contribution is 2.25. The van der Waals surface area contributed by atoms with Crippen LogP contribution in [0.2, 0.25) is 0 Å². The second kappa shape index (κ2) is 7.74. The zero-order valence-electron chi connectivity index (χ0n) is 17.2. The highest BCUT2D eigenvalue weighted by atomic mass is 32.2. The van der Waals surface area contributed by atoms with Crippen molar-refractivity contribution in [2.75, 3.05) is 32.7 Å². The Morgan fingerprint density at radius 3 is 2.29 bits per heavy atom. The number of ketones is 1. The largest absolute Gasteiger partial charge is 0.343 e. The number of carbonyl (C=O) groups is 1. The van der Waals surface area contributed by atoms with Crippen LogP contribution in [0.3, 0.4) is 0 Å². The molecule has 1 fully saturated rings. The topological polar surface area (TPSA) is 62.6 Å². The molecular formula is C20H29N3O3S2. The molecule has 2 aromatic rings. The summed E-state index contributed by atoms with van der Waals surface area (Å²) in [5, 5.41) is 1.77. The molecule has 8 heteroatoms. The molecule has 0 radical (unpaired) electrons. The van der Waals surface area contributed by atoms with Gasteiger partial charge in [-0.15, -0.1) is 11.3 Å². The first-order valence-electron chi connectivity index (χ1n) is 9.50. The van der Waals surface area contributed by atoms with Gasteiger partial charge in [0.2, 0.25) is 0 Å². The fraction of sp³-hybridized carbons (Fsp3) is 0.550. The molecular weight excluding hydrogens is 394 g/mol. The van der Waals surface area contributed by atoms with E-state index in [4.69, 9.17) is 0 Å². The molecule has 0 aliphatic carbocycles. The number of hydrogen-bond acceptors (Lipinski definition) is 5. The Balaban J connectivity index is 1.65. The van der Waals surface area contributed by atoms with E-state index in [0.29, 0.717) is 36.9 Å². The fourth-order valence-electron chi connectivity index (χ4n) is 4.03. The van der Waals surface area contributed by atoms with Crippen LogP contribution >= 0.6 is 11.3 Å². The minimum Gasteiger partial charge on any atom is -0.343 e. The standard InChI is InChI=1S/C20H29N3O3S2/c1-15-13-17(16(2)23(15)20(3,4)5)18(24)14-21-8-10-22(11-9-21)28(25,26)19-7-6-12-27-19/h6-7,12-13H,8-11,14H2,1-5H3. The van der Waals surface area contributed by atoms with Crippen molar-refractivity contribution in [3.63, 3.8) is 0 Å². The third-order valence-corrected chi connectivity index (χ3v) is 8.46. The SMILES string of the molecule is Cc1cc(C(=O)CN2CCN(S(=O)(=O)c3cccs3)CC2)c(C)n1C(C)(C)C. The number of aromatic nitrogens is 1. The van der Waals surface area contributed by atoms with Gasteiger partial charge in [0.15, 0.2) is 5.78 Å². The Morgan fingerprint density at radius 1 is 1.14 bits per heavy atom. The minimum absolute atomic E-state index is 0.0749. The van der Waals surface area contributed by atoms with Crippen LogP contribution in [0.1, 0.15) is 42.5 Å². The maximum atomic E-state index is 12.9. The molecule has 0 bridgehead atoms. The van der Waals surface area contributed by atoms with Crippen LogP contribution in [0.25, 0.3) is 0 Å². The minimum atomic E-state index is -3.41. The van der Waals surface area contributed by atoms with Crippen molar-refractivity contribution in [1.29, 1.82) is 0 Å². The van der Waals surface area contributed by atoms with E-state index in [1.165, 1.54) is 15.6 Å². The maximum absolute atomic E-state index is 12.9. The third-order valence-electron chi connectivity index (χ3n) is 5.19. The monoisotopic (exact) mass is 423 g/mol. The van der Waals surface area contributed by atoms with E-state index in [-0.39, 0.29) is 11.3 Å². The van der Waals surface area contributed by atoms with Gasteiger partial charge in [0.1, 0.15) is 4.21 Å². The number of rotatable bonds is 5. The second-order valence-corrected chi connectivity index (χ2v) is 11.4. The zero-order chi connectivity index (χ0) is 20.7. The first-order chi connectivity index (χ1) is 13.0. The molecule has 0 atom stereocenters. The Labute approximate surface area is 171 Å². The molecule has 3 heterocycles. The number of piperazine rings is 1. The van der Waals surface area contributed by atoms with Gasteiger partial charge in [-0.1, -0.05) is 6.07 Å². The molecule has 1 aliphatic heterocycles. The summed E-state index contributed by atoms with van der Waals surface area (Å²) in [7, 11) is -3.41. The predicted octanol–water partition coefficient (Wildman–Crippen LogP) is 3.11. The highest BCUT2D eigenvalue weighted by Gasteiger charge is 2.30. The number of carbonyl (C=O) groups excluding carboxylic acids is 1. The van der Waals surface area contributed by atoms with Crippen LogP contribution in [0.15, 0.2) is 27.8 Å². The van der Waals surface area contributed by atoms with Crippen molar-refractivity contribution in [3.8, 4) is 0 Å². The van der Waals surface area contributed by atoms with Gasteiger partial charge in [0.05, 0.1) is 6.54 Å². The Bertz CT molecular complexity index is 946. The van der Waals surface area contributed by atoms with Crippen LogP contribution < -0.4 is 0 Å². The average Bonchev–Trinajstić information content (AvgIpc) is 3.23. The Kier molecular flexibility index (Phi) is 5.87. The lowest BCUT2D eigenvalue weighted by Crippen LogP contribution is -2.49. The normalized spacial score (nSPS) is 17.2. The quantitative estimate of drug-likeness (QED) is 0.693. The van der Waals surface area contributed by atoms with Crippen molar-refractivity contribution in [2.45, 2.75) is 44.4 Å². The molecule has 28 heavy (non-hydrogen) atoms. The number of hydrogen-bond donors (Lipinski definition) is 0. The van der Waals surface area contributed by atoms with Crippen molar-refractivity contribution in [2.24, 2.45) is 0 Å². The molecule has 154 valence electrons. The van der Waals surface area contributed by atoms with E-state index in [1.54, 1.807) is 17.5 Å². The molecule has 6 nitrogen and oxygen atoms in total.